The van der Waals surface area contributed by atoms with Crippen LogP contribution in [0.3, 0.4) is 0 Å². The van der Waals surface area contributed by atoms with Gasteiger partial charge in [-0.15, -0.1) is 11.6 Å². The van der Waals surface area contributed by atoms with Crippen molar-refractivity contribution in [2.75, 3.05) is 5.88 Å². The third-order valence-corrected chi connectivity index (χ3v) is 3.13. The molecule has 0 radical (unpaired) electrons. The normalized spacial score (nSPS) is 11.9. The molecule has 0 atom stereocenters. The number of hydrogen-bond donors (Lipinski definition) is 0. The number of alkyl halides is 1. The summed E-state index contributed by atoms with van der Waals surface area (Å²) in [5.74, 6) is 0.770. The molecule has 0 aromatic carbocycles. The first-order valence-corrected chi connectivity index (χ1v) is 7.83. The van der Waals surface area contributed by atoms with Gasteiger partial charge < -0.3 is 0 Å². The molecule has 0 spiro atoms. The summed E-state index contributed by atoms with van der Waals surface area (Å²) in [7, 11) is 0. The van der Waals surface area contributed by atoms with E-state index in [1.807, 2.05) is 0 Å². The molecule has 0 heterocycles. The number of allylic oxidation sites excluding steroid dienone is 4. The third-order valence-electron chi connectivity index (χ3n) is 2.86. The van der Waals surface area contributed by atoms with Crippen molar-refractivity contribution in [3.8, 4) is 0 Å². The van der Waals surface area contributed by atoms with Crippen molar-refractivity contribution in [1.82, 2.24) is 0 Å². The Morgan fingerprint density at radius 2 is 1.24 bits per heavy atom. The summed E-state index contributed by atoms with van der Waals surface area (Å²) in [5.41, 5.74) is 0. The van der Waals surface area contributed by atoms with E-state index in [-0.39, 0.29) is 0 Å². The van der Waals surface area contributed by atoms with E-state index in [9.17, 15) is 0 Å². The highest BCUT2D eigenvalue weighted by Gasteiger charge is 1.88. The maximum atomic E-state index is 5.59. The fourth-order valence-corrected chi connectivity index (χ4v) is 1.92. The van der Waals surface area contributed by atoms with Crippen LogP contribution in [0.25, 0.3) is 0 Å². The largest absolute Gasteiger partial charge is 0.127 e. The lowest BCUT2D eigenvalue weighted by Gasteiger charge is -1.98. The minimum Gasteiger partial charge on any atom is -0.127 e. The summed E-state index contributed by atoms with van der Waals surface area (Å²) in [5, 5.41) is 0. The zero-order valence-corrected chi connectivity index (χ0v) is 12.2. The molecule has 0 aromatic rings. The quantitative estimate of drug-likeness (QED) is 0.220. The summed E-state index contributed by atoms with van der Waals surface area (Å²) < 4.78 is 0. The van der Waals surface area contributed by atoms with Crippen LogP contribution in [0.15, 0.2) is 24.3 Å². The Bertz CT molecular complexity index is 182. The molecule has 17 heavy (non-hydrogen) atoms. The first-order chi connectivity index (χ1) is 8.41. The van der Waals surface area contributed by atoms with Crippen LogP contribution in [0, 0.1) is 0 Å². The van der Waals surface area contributed by atoms with Crippen LogP contribution in [-0.2, 0) is 0 Å². The first-order valence-electron chi connectivity index (χ1n) is 7.29. The van der Waals surface area contributed by atoms with Crippen LogP contribution in [0.2, 0.25) is 0 Å². The molecular weight excluding hydrogens is 228 g/mol. The molecule has 0 aliphatic rings. The van der Waals surface area contributed by atoms with Gasteiger partial charge in [0, 0.05) is 5.88 Å². The summed E-state index contributed by atoms with van der Waals surface area (Å²) in [6.07, 6.45) is 22.0. The van der Waals surface area contributed by atoms with Crippen LogP contribution < -0.4 is 0 Å². The fraction of sp³-hybridized carbons (Fsp3) is 0.750. The highest BCUT2D eigenvalue weighted by atomic mass is 35.5. The molecule has 0 aliphatic heterocycles. The number of hydrogen-bond acceptors (Lipinski definition) is 0. The second-order valence-corrected chi connectivity index (χ2v) is 4.98. The van der Waals surface area contributed by atoms with E-state index in [4.69, 9.17) is 11.6 Å². The van der Waals surface area contributed by atoms with Crippen molar-refractivity contribution in [3.63, 3.8) is 0 Å². The molecule has 0 saturated carbocycles. The lowest BCUT2D eigenvalue weighted by Crippen LogP contribution is -1.78. The van der Waals surface area contributed by atoms with Crippen LogP contribution in [0.1, 0.15) is 71.1 Å². The molecular formula is C16H29Cl. The minimum atomic E-state index is 0.770. The van der Waals surface area contributed by atoms with Gasteiger partial charge in [-0.05, 0) is 25.7 Å². The highest BCUT2D eigenvalue weighted by Crippen LogP contribution is 2.08. The maximum Gasteiger partial charge on any atom is 0.0226 e. The Hall–Kier alpha value is -0.230. The van der Waals surface area contributed by atoms with Gasteiger partial charge in [-0.1, -0.05) is 69.8 Å². The summed E-state index contributed by atoms with van der Waals surface area (Å²) in [6.45, 7) is 2.27. The lowest BCUT2D eigenvalue weighted by atomic mass is 10.1. The van der Waals surface area contributed by atoms with Crippen LogP contribution in [0.5, 0.6) is 0 Å². The van der Waals surface area contributed by atoms with Crippen molar-refractivity contribution in [3.05, 3.63) is 24.3 Å². The Labute approximate surface area is 113 Å². The Kier molecular flexibility index (Phi) is 15.6. The summed E-state index contributed by atoms with van der Waals surface area (Å²) >= 11 is 5.59. The Morgan fingerprint density at radius 3 is 1.82 bits per heavy atom. The molecule has 100 valence electrons. The van der Waals surface area contributed by atoms with Gasteiger partial charge in [0.2, 0.25) is 0 Å². The Balaban J connectivity index is 3.11. The van der Waals surface area contributed by atoms with Crippen molar-refractivity contribution in [1.29, 1.82) is 0 Å². The first kappa shape index (κ1) is 16.8. The van der Waals surface area contributed by atoms with Crippen molar-refractivity contribution < 1.29 is 0 Å². The second-order valence-electron chi connectivity index (χ2n) is 4.60. The van der Waals surface area contributed by atoms with E-state index < -0.39 is 0 Å². The van der Waals surface area contributed by atoms with Crippen LogP contribution >= 0.6 is 11.6 Å². The molecule has 0 saturated heterocycles. The molecule has 0 rings (SSSR count). The van der Waals surface area contributed by atoms with E-state index in [1.54, 1.807) is 0 Å². The van der Waals surface area contributed by atoms with Gasteiger partial charge in [0.25, 0.3) is 0 Å². The molecule has 1 heteroatoms. The molecule has 0 unspecified atom stereocenters. The fourth-order valence-electron chi connectivity index (χ4n) is 1.76. The van der Waals surface area contributed by atoms with Gasteiger partial charge in [-0.2, -0.15) is 0 Å². The summed E-state index contributed by atoms with van der Waals surface area (Å²) in [6, 6.07) is 0. The zero-order chi connectivity index (χ0) is 12.6. The van der Waals surface area contributed by atoms with Gasteiger partial charge in [0.15, 0.2) is 0 Å². The predicted octanol–water partition coefficient (Wildman–Crippen LogP) is 6.26. The van der Waals surface area contributed by atoms with Gasteiger partial charge in [-0.25, -0.2) is 0 Å². The maximum absolute atomic E-state index is 5.59. The Morgan fingerprint density at radius 1 is 0.706 bits per heavy atom. The van der Waals surface area contributed by atoms with Gasteiger partial charge in [-0.3, -0.25) is 0 Å². The van der Waals surface area contributed by atoms with Crippen molar-refractivity contribution in [2.24, 2.45) is 0 Å². The van der Waals surface area contributed by atoms with E-state index in [1.165, 1.54) is 51.4 Å². The second kappa shape index (κ2) is 15.8. The van der Waals surface area contributed by atoms with Crippen molar-refractivity contribution >= 4 is 11.6 Å². The average Bonchev–Trinajstić information content (AvgIpc) is 2.35. The zero-order valence-electron chi connectivity index (χ0n) is 11.5. The molecule has 0 amide bonds. The van der Waals surface area contributed by atoms with Gasteiger partial charge >= 0.3 is 0 Å². The van der Waals surface area contributed by atoms with E-state index >= 15 is 0 Å². The van der Waals surface area contributed by atoms with Crippen LogP contribution in [0.4, 0.5) is 0 Å². The molecule has 0 nitrogen and oxygen atoms in total. The number of halogens is 1. The smallest absolute Gasteiger partial charge is 0.0226 e. The van der Waals surface area contributed by atoms with E-state index in [0.29, 0.717) is 0 Å². The number of unbranched alkanes of at least 4 members (excludes halogenated alkanes) is 8. The van der Waals surface area contributed by atoms with E-state index in [0.717, 1.165) is 18.7 Å². The SMILES string of the molecule is CCCCCCCCCC=CC=CCCCCl. The van der Waals surface area contributed by atoms with E-state index in [2.05, 4.69) is 31.2 Å². The van der Waals surface area contributed by atoms with Gasteiger partial charge in [0.1, 0.15) is 0 Å². The molecule has 0 aliphatic carbocycles. The predicted molar refractivity (Wildman–Crippen MR) is 80.8 cm³/mol. The highest BCUT2D eigenvalue weighted by molar-refractivity contribution is 6.17. The van der Waals surface area contributed by atoms with Crippen molar-refractivity contribution in [2.45, 2.75) is 71.1 Å². The van der Waals surface area contributed by atoms with Gasteiger partial charge in [0.05, 0.1) is 0 Å². The lowest BCUT2D eigenvalue weighted by molar-refractivity contribution is 0.592. The minimum absolute atomic E-state index is 0.770. The standard InChI is InChI=1S/C16H29Cl/c1-2-3-4-5-6-7-8-9-10-11-12-13-14-15-16-17/h10-13H,2-9,14-16H2,1H3. The molecule has 0 N–H and O–H groups in total. The molecule has 0 bridgehead atoms. The summed E-state index contributed by atoms with van der Waals surface area (Å²) in [4.78, 5) is 0. The average molecular weight is 257 g/mol. The molecule has 0 fully saturated rings. The topological polar surface area (TPSA) is 0 Å². The number of rotatable bonds is 12. The molecule has 0 aromatic heterocycles. The van der Waals surface area contributed by atoms with Crippen LogP contribution in [-0.4, -0.2) is 5.88 Å². The monoisotopic (exact) mass is 256 g/mol. The third kappa shape index (κ3) is 15.8.